The van der Waals surface area contributed by atoms with Gasteiger partial charge in [0.15, 0.2) is 5.78 Å². The van der Waals surface area contributed by atoms with Crippen molar-refractivity contribution in [3.05, 3.63) is 28.8 Å². The number of Topliss-reactive ketones (excluding diaryl/α,β-unsaturated/α-hetero) is 1. The summed E-state index contributed by atoms with van der Waals surface area (Å²) in [6.45, 7) is 0.792. The Labute approximate surface area is 89.2 Å². The van der Waals surface area contributed by atoms with E-state index in [0.717, 1.165) is 43.6 Å². The van der Waals surface area contributed by atoms with Crippen molar-refractivity contribution in [2.45, 2.75) is 32.1 Å². The van der Waals surface area contributed by atoms with Crippen molar-refractivity contribution in [2.24, 2.45) is 0 Å². The van der Waals surface area contributed by atoms with Gasteiger partial charge in [0.05, 0.1) is 6.61 Å². The van der Waals surface area contributed by atoms with Gasteiger partial charge in [0.2, 0.25) is 0 Å². The molecule has 1 aliphatic heterocycles. The summed E-state index contributed by atoms with van der Waals surface area (Å²) in [7, 11) is 0. The molecule has 1 heterocycles. The zero-order valence-electron chi connectivity index (χ0n) is 8.71. The van der Waals surface area contributed by atoms with Gasteiger partial charge in [0, 0.05) is 17.5 Å². The largest absolute Gasteiger partial charge is 0.493 e. The van der Waals surface area contributed by atoms with Crippen LogP contribution in [0, 0.1) is 0 Å². The second-order valence-corrected chi connectivity index (χ2v) is 4.31. The molecule has 0 unspecified atom stereocenters. The second kappa shape index (κ2) is 3.37. The fraction of sp³-hybridized carbons (Fsp3) is 0.462. The third kappa shape index (κ3) is 1.36. The maximum atomic E-state index is 11.8. The molecular formula is C13H14O2. The Hall–Kier alpha value is -1.31. The van der Waals surface area contributed by atoms with Crippen LogP contribution in [0.1, 0.15) is 40.7 Å². The van der Waals surface area contributed by atoms with Crippen molar-refractivity contribution in [3.63, 3.8) is 0 Å². The van der Waals surface area contributed by atoms with E-state index in [1.165, 1.54) is 11.1 Å². The zero-order chi connectivity index (χ0) is 10.3. The summed E-state index contributed by atoms with van der Waals surface area (Å²) in [4.78, 5) is 11.8. The first kappa shape index (κ1) is 8.96. The van der Waals surface area contributed by atoms with Crippen LogP contribution in [-0.2, 0) is 12.8 Å². The highest BCUT2D eigenvalue weighted by Gasteiger charge is 2.25. The molecule has 1 aromatic rings. The number of carbonyl (C=O) groups is 1. The predicted molar refractivity (Wildman–Crippen MR) is 57.5 cm³/mol. The number of ketones is 1. The van der Waals surface area contributed by atoms with Crippen LogP contribution < -0.4 is 4.74 Å². The first-order chi connectivity index (χ1) is 7.36. The minimum absolute atomic E-state index is 0.312. The Morgan fingerprint density at radius 3 is 2.93 bits per heavy atom. The normalized spacial score (nSPS) is 19.1. The van der Waals surface area contributed by atoms with Crippen molar-refractivity contribution in [1.29, 1.82) is 0 Å². The van der Waals surface area contributed by atoms with Crippen LogP contribution in [0.15, 0.2) is 12.1 Å². The topological polar surface area (TPSA) is 26.3 Å². The monoisotopic (exact) mass is 202 g/mol. The molecular weight excluding hydrogens is 188 g/mol. The fourth-order valence-electron chi connectivity index (χ4n) is 2.58. The molecule has 2 nitrogen and oxygen atoms in total. The number of aryl methyl sites for hydroxylation is 1. The van der Waals surface area contributed by atoms with E-state index in [0.29, 0.717) is 12.2 Å². The zero-order valence-corrected chi connectivity index (χ0v) is 8.71. The molecule has 0 fully saturated rings. The first-order valence-electron chi connectivity index (χ1n) is 5.67. The molecule has 2 aliphatic rings. The average Bonchev–Trinajstić information content (AvgIpc) is 2.51. The smallest absolute Gasteiger partial charge is 0.163 e. The van der Waals surface area contributed by atoms with Crippen LogP contribution in [0.5, 0.6) is 5.75 Å². The molecule has 78 valence electrons. The minimum Gasteiger partial charge on any atom is -0.493 e. The lowest BCUT2D eigenvalue weighted by atomic mass is 9.98. The van der Waals surface area contributed by atoms with E-state index in [1.54, 1.807) is 0 Å². The molecule has 0 atom stereocenters. The highest BCUT2D eigenvalue weighted by molar-refractivity contribution is 6.02. The number of fused-ring (bicyclic) bond motifs is 3. The van der Waals surface area contributed by atoms with Gasteiger partial charge < -0.3 is 4.74 Å². The molecule has 15 heavy (non-hydrogen) atoms. The summed E-state index contributed by atoms with van der Waals surface area (Å²) >= 11 is 0. The number of benzene rings is 1. The maximum Gasteiger partial charge on any atom is 0.163 e. The summed E-state index contributed by atoms with van der Waals surface area (Å²) in [5.41, 5.74) is 3.38. The lowest BCUT2D eigenvalue weighted by molar-refractivity contribution is 0.0993. The summed E-state index contributed by atoms with van der Waals surface area (Å²) in [5.74, 6) is 1.26. The standard InChI is InChI=1S/C13H14O2/c14-11-6-4-9-5-7-12-10(13(9)11)3-1-2-8-15-12/h5,7H,1-4,6,8H2. The SMILES string of the molecule is O=C1CCc2ccc3c(c21)CCCCO3. The van der Waals surface area contributed by atoms with Crippen LogP contribution in [0.3, 0.4) is 0 Å². The Kier molecular flexibility index (Phi) is 2.01. The first-order valence-corrected chi connectivity index (χ1v) is 5.67. The second-order valence-electron chi connectivity index (χ2n) is 4.31. The van der Waals surface area contributed by atoms with Crippen molar-refractivity contribution in [2.75, 3.05) is 6.61 Å². The molecule has 0 aromatic heterocycles. The van der Waals surface area contributed by atoms with Crippen molar-refractivity contribution in [3.8, 4) is 5.75 Å². The minimum atomic E-state index is 0.312. The van der Waals surface area contributed by atoms with Crippen molar-refractivity contribution < 1.29 is 9.53 Å². The van der Waals surface area contributed by atoms with Gasteiger partial charge in [0.25, 0.3) is 0 Å². The van der Waals surface area contributed by atoms with Gasteiger partial charge in [-0.15, -0.1) is 0 Å². The van der Waals surface area contributed by atoms with Crippen LogP contribution in [0.4, 0.5) is 0 Å². The molecule has 0 saturated carbocycles. The summed E-state index contributed by atoms with van der Waals surface area (Å²) in [6, 6.07) is 4.10. The lowest BCUT2D eigenvalue weighted by Gasteiger charge is -2.10. The Balaban J connectivity index is 2.17. The van der Waals surface area contributed by atoms with Gasteiger partial charge in [-0.1, -0.05) is 6.07 Å². The van der Waals surface area contributed by atoms with Gasteiger partial charge in [-0.25, -0.2) is 0 Å². The molecule has 0 amide bonds. The third-order valence-corrected chi connectivity index (χ3v) is 3.34. The quantitative estimate of drug-likeness (QED) is 0.646. The lowest BCUT2D eigenvalue weighted by Crippen LogP contribution is -2.01. The van der Waals surface area contributed by atoms with E-state index in [1.807, 2.05) is 6.07 Å². The molecule has 0 bridgehead atoms. The van der Waals surface area contributed by atoms with Gasteiger partial charge in [-0.05, 0) is 37.3 Å². The predicted octanol–water partition coefficient (Wildman–Crippen LogP) is 2.53. The molecule has 1 aliphatic carbocycles. The van der Waals surface area contributed by atoms with Gasteiger partial charge in [-0.3, -0.25) is 4.79 Å². The van der Waals surface area contributed by atoms with Gasteiger partial charge in [0.1, 0.15) is 5.75 Å². The number of hydrogen-bond acceptors (Lipinski definition) is 2. The summed E-state index contributed by atoms with van der Waals surface area (Å²) < 4.78 is 5.67. The summed E-state index contributed by atoms with van der Waals surface area (Å²) in [6.07, 6.45) is 4.84. The number of hydrogen-bond donors (Lipinski definition) is 0. The molecule has 0 spiro atoms. The molecule has 2 heteroatoms. The Morgan fingerprint density at radius 1 is 1.07 bits per heavy atom. The van der Waals surface area contributed by atoms with Crippen LogP contribution >= 0.6 is 0 Å². The Bertz CT molecular complexity index is 421. The van der Waals surface area contributed by atoms with Crippen LogP contribution in [-0.4, -0.2) is 12.4 Å². The van der Waals surface area contributed by atoms with Crippen LogP contribution in [0.2, 0.25) is 0 Å². The van der Waals surface area contributed by atoms with E-state index in [4.69, 9.17) is 4.74 Å². The number of carbonyl (C=O) groups excluding carboxylic acids is 1. The third-order valence-electron chi connectivity index (χ3n) is 3.34. The van der Waals surface area contributed by atoms with E-state index in [9.17, 15) is 4.79 Å². The molecule has 0 saturated heterocycles. The van der Waals surface area contributed by atoms with E-state index in [2.05, 4.69) is 6.07 Å². The average molecular weight is 202 g/mol. The highest BCUT2D eigenvalue weighted by atomic mass is 16.5. The van der Waals surface area contributed by atoms with E-state index < -0.39 is 0 Å². The van der Waals surface area contributed by atoms with Gasteiger partial charge >= 0.3 is 0 Å². The summed E-state index contributed by atoms with van der Waals surface area (Å²) in [5, 5.41) is 0. The van der Waals surface area contributed by atoms with E-state index >= 15 is 0 Å². The highest BCUT2D eigenvalue weighted by Crippen LogP contribution is 2.34. The molecule has 1 aromatic carbocycles. The molecule has 0 radical (unpaired) electrons. The van der Waals surface area contributed by atoms with Crippen LogP contribution in [0.25, 0.3) is 0 Å². The van der Waals surface area contributed by atoms with E-state index in [-0.39, 0.29) is 0 Å². The van der Waals surface area contributed by atoms with Gasteiger partial charge in [-0.2, -0.15) is 0 Å². The fourth-order valence-corrected chi connectivity index (χ4v) is 2.58. The number of ether oxygens (including phenoxy) is 1. The Morgan fingerprint density at radius 2 is 2.00 bits per heavy atom. The van der Waals surface area contributed by atoms with Crippen molar-refractivity contribution >= 4 is 5.78 Å². The maximum absolute atomic E-state index is 11.8. The molecule has 0 N–H and O–H groups in total. The number of rotatable bonds is 0. The van der Waals surface area contributed by atoms with Crippen molar-refractivity contribution in [1.82, 2.24) is 0 Å². The molecule has 3 rings (SSSR count).